The molecule has 0 heterocycles. The van der Waals surface area contributed by atoms with Gasteiger partial charge in [0, 0.05) is 12.8 Å². The third-order valence-electron chi connectivity index (χ3n) is 20.8. The van der Waals surface area contributed by atoms with Crippen molar-refractivity contribution in [3.05, 3.63) is 24.3 Å². The van der Waals surface area contributed by atoms with Crippen LogP contribution in [-0.2, 0) is 14.3 Å². The third-order valence-corrected chi connectivity index (χ3v) is 20.8. The predicted molar refractivity (Wildman–Crippen MR) is 417 cm³/mol. The Morgan fingerprint density at radius 2 is 0.532 bits per heavy atom. The molecule has 0 aromatic carbocycles. The van der Waals surface area contributed by atoms with Crippen molar-refractivity contribution in [1.82, 2.24) is 5.32 Å². The first-order valence-electron chi connectivity index (χ1n) is 43.6. The van der Waals surface area contributed by atoms with Gasteiger partial charge in [0.1, 0.15) is 0 Å². The molecule has 0 saturated carbocycles. The second kappa shape index (κ2) is 83.8. The first-order valence-corrected chi connectivity index (χ1v) is 43.6. The summed E-state index contributed by atoms with van der Waals surface area (Å²) in [5.74, 6) is -0.0123. The number of rotatable bonds is 83. The molecule has 0 fully saturated rings. The fourth-order valence-electron chi connectivity index (χ4n) is 14.1. The highest BCUT2D eigenvalue weighted by Gasteiger charge is 2.20. The van der Waals surface area contributed by atoms with Crippen LogP contribution in [0.4, 0.5) is 0 Å². The number of amides is 1. The van der Waals surface area contributed by atoms with E-state index in [1.807, 2.05) is 0 Å². The monoisotopic (exact) mass is 1320 g/mol. The lowest BCUT2D eigenvalue weighted by Gasteiger charge is -2.22. The third kappa shape index (κ3) is 79.3. The topological polar surface area (TPSA) is 95.9 Å². The van der Waals surface area contributed by atoms with Crippen LogP contribution < -0.4 is 5.32 Å². The molecule has 0 aliphatic rings. The van der Waals surface area contributed by atoms with Crippen LogP contribution in [0.3, 0.4) is 0 Å². The minimum Gasteiger partial charge on any atom is -0.466 e. The second-order valence-electron chi connectivity index (χ2n) is 30.2. The van der Waals surface area contributed by atoms with E-state index < -0.39 is 12.1 Å². The highest BCUT2D eigenvalue weighted by Crippen LogP contribution is 2.21. The molecule has 0 spiro atoms. The minimum atomic E-state index is -0.662. The van der Waals surface area contributed by atoms with Gasteiger partial charge in [0.25, 0.3) is 0 Å². The first-order chi connectivity index (χ1) is 46.5. The molecule has 0 aromatic heterocycles. The van der Waals surface area contributed by atoms with E-state index in [1.165, 1.54) is 417 Å². The highest BCUT2D eigenvalue weighted by atomic mass is 16.5. The molecular weight excluding hydrogens is 1150 g/mol. The molecule has 1 amide bonds. The molecule has 558 valence electrons. The molecule has 6 heteroatoms. The van der Waals surface area contributed by atoms with Crippen molar-refractivity contribution in [2.45, 2.75) is 514 Å². The van der Waals surface area contributed by atoms with Gasteiger partial charge in [0.2, 0.25) is 5.91 Å². The van der Waals surface area contributed by atoms with Crippen LogP contribution in [0.1, 0.15) is 502 Å². The van der Waals surface area contributed by atoms with Crippen LogP contribution in [0.5, 0.6) is 0 Å². The Morgan fingerprint density at radius 3 is 0.830 bits per heavy atom. The van der Waals surface area contributed by atoms with Crippen molar-refractivity contribution in [3.63, 3.8) is 0 Å². The predicted octanol–water partition coefficient (Wildman–Crippen LogP) is 29.2. The van der Waals surface area contributed by atoms with E-state index in [1.54, 1.807) is 0 Å². The largest absolute Gasteiger partial charge is 0.466 e. The fraction of sp³-hybridized carbons (Fsp3) is 0.932. The maximum atomic E-state index is 12.6. The molecule has 0 radical (unpaired) electrons. The van der Waals surface area contributed by atoms with Crippen LogP contribution in [0.2, 0.25) is 0 Å². The molecule has 0 rings (SSSR count). The van der Waals surface area contributed by atoms with Gasteiger partial charge < -0.3 is 20.3 Å². The minimum absolute atomic E-state index is 0.0104. The van der Waals surface area contributed by atoms with Gasteiger partial charge in [-0.2, -0.15) is 0 Å². The lowest BCUT2D eigenvalue weighted by molar-refractivity contribution is -0.143. The number of ether oxygens (including phenoxy) is 1. The summed E-state index contributed by atoms with van der Waals surface area (Å²) in [6.45, 7) is 4.98. The number of unbranched alkanes of at least 4 members (excludes halogenated alkanes) is 68. The SMILES string of the molecule is CCCCC/C=C\C/C=C\CCCCCCCC(=O)OCCCCCCCCCCCCCCCCCCCCCCCCCCCCCCCCCCCCCCCC(=O)NC(CO)C(O)CCCCCCCCCCCCCCCCCCCCCCCCCCC. The number of hydrogen-bond acceptors (Lipinski definition) is 5. The molecule has 3 N–H and O–H groups in total. The zero-order valence-corrected chi connectivity index (χ0v) is 64.2. The number of allylic oxidation sites excluding steroid dienone is 4. The van der Waals surface area contributed by atoms with Gasteiger partial charge in [-0.25, -0.2) is 0 Å². The molecule has 2 unspecified atom stereocenters. The van der Waals surface area contributed by atoms with Crippen LogP contribution in [0.25, 0.3) is 0 Å². The summed E-state index contributed by atoms with van der Waals surface area (Å²) in [5.41, 5.74) is 0. The number of aliphatic hydroxyl groups excluding tert-OH is 2. The van der Waals surface area contributed by atoms with Crippen LogP contribution in [0.15, 0.2) is 24.3 Å². The van der Waals surface area contributed by atoms with Crippen molar-refractivity contribution >= 4 is 11.9 Å². The van der Waals surface area contributed by atoms with Crippen molar-refractivity contribution < 1.29 is 24.5 Å². The molecule has 0 bridgehead atoms. The summed E-state index contributed by atoms with van der Waals surface area (Å²) >= 11 is 0. The lowest BCUT2D eigenvalue weighted by atomic mass is 10.0. The average Bonchev–Trinajstić information content (AvgIpc) is 3.59. The van der Waals surface area contributed by atoms with Crippen LogP contribution in [-0.4, -0.2) is 47.4 Å². The van der Waals surface area contributed by atoms with E-state index in [9.17, 15) is 19.8 Å². The Labute approximate surface area is 590 Å². The molecule has 94 heavy (non-hydrogen) atoms. The smallest absolute Gasteiger partial charge is 0.305 e. The maximum absolute atomic E-state index is 12.6. The van der Waals surface area contributed by atoms with E-state index in [4.69, 9.17) is 4.74 Å². The molecule has 6 nitrogen and oxygen atoms in total. The zero-order valence-electron chi connectivity index (χ0n) is 64.2. The number of nitrogens with one attached hydrogen (secondary N) is 1. The Balaban J connectivity index is 3.31. The number of esters is 1. The zero-order chi connectivity index (χ0) is 67.7. The van der Waals surface area contributed by atoms with Crippen molar-refractivity contribution in [1.29, 1.82) is 0 Å². The maximum Gasteiger partial charge on any atom is 0.305 e. The fourth-order valence-corrected chi connectivity index (χ4v) is 14.1. The Hall–Kier alpha value is -1.66. The quantitative estimate of drug-likeness (QED) is 0.0320. The van der Waals surface area contributed by atoms with E-state index in [-0.39, 0.29) is 18.5 Å². The van der Waals surface area contributed by atoms with Gasteiger partial charge in [-0.05, 0) is 57.8 Å². The van der Waals surface area contributed by atoms with Crippen LogP contribution >= 0.6 is 0 Å². The molecule has 0 aromatic rings. The number of hydrogen-bond donors (Lipinski definition) is 3. The normalized spacial score (nSPS) is 12.5. The summed E-state index contributed by atoms with van der Waals surface area (Å²) in [4.78, 5) is 24.7. The first kappa shape index (κ1) is 92.3. The van der Waals surface area contributed by atoms with Crippen molar-refractivity contribution in [3.8, 4) is 0 Å². The Kier molecular flexibility index (Phi) is 82.3. The van der Waals surface area contributed by atoms with Gasteiger partial charge in [-0.1, -0.05) is 456 Å². The molecule has 0 saturated heterocycles. The molecular formula is C88H171NO5. The summed E-state index contributed by atoms with van der Waals surface area (Å²) < 4.78 is 5.50. The molecule has 0 aliphatic carbocycles. The standard InChI is InChI=1S/C88H171NO5/c1-3-5-7-9-11-13-15-17-19-20-21-22-23-37-40-43-46-49-53-56-60-64-68-72-76-80-86(91)85(84-90)89-87(92)81-77-73-69-65-61-57-54-50-47-44-41-38-35-33-31-29-27-25-24-26-28-30-32-34-36-39-42-45-48-51-55-59-63-67-71-75-79-83-94-88(93)82-78-74-70-66-62-58-52-18-16-14-12-10-8-6-4-2/h12,14,18,52,85-86,90-91H,3-11,13,15-17,19-51,53-84H2,1-2H3,(H,89,92)/b14-12-,52-18-. The van der Waals surface area contributed by atoms with Crippen LogP contribution in [0, 0.1) is 0 Å². The second-order valence-corrected chi connectivity index (χ2v) is 30.2. The summed E-state index contributed by atoms with van der Waals surface area (Å²) in [6, 6.07) is -0.538. The van der Waals surface area contributed by atoms with E-state index in [0.29, 0.717) is 25.9 Å². The molecule has 0 aliphatic heterocycles. The highest BCUT2D eigenvalue weighted by molar-refractivity contribution is 5.76. The van der Waals surface area contributed by atoms with E-state index in [0.717, 1.165) is 51.4 Å². The molecule has 2 atom stereocenters. The van der Waals surface area contributed by atoms with Crippen molar-refractivity contribution in [2.75, 3.05) is 13.2 Å². The van der Waals surface area contributed by atoms with E-state index in [2.05, 4.69) is 43.5 Å². The Bertz CT molecular complexity index is 1480. The summed E-state index contributed by atoms with van der Waals surface area (Å²) in [7, 11) is 0. The van der Waals surface area contributed by atoms with Gasteiger partial charge >= 0.3 is 5.97 Å². The van der Waals surface area contributed by atoms with Gasteiger partial charge in [-0.3, -0.25) is 9.59 Å². The Morgan fingerprint density at radius 1 is 0.298 bits per heavy atom. The van der Waals surface area contributed by atoms with Gasteiger partial charge in [0.05, 0.1) is 25.4 Å². The number of carbonyl (C=O) groups is 2. The number of carbonyl (C=O) groups excluding carboxylic acids is 2. The van der Waals surface area contributed by atoms with Gasteiger partial charge in [-0.15, -0.1) is 0 Å². The average molecular weight is 1320 g/mol. The van der Waals surface area contributed by atoms with Gasteiger partial charge in [0.15, 0.2) is 0 Å². The summed E-state index contributed by atoms with van der Waals surface area (Å²) in [6.07, 6.45) is 109. The van der Waals surface area contributed by atoms with Crippen molar-refractivity contribution in [2.24, 2.45) is 0 Å². The van der Waals surface area contributed by atoms with E-state index >= 15 is 0 Å². The number of aliphatic hydroxyl groups is 2. The lowest BCUT2D eigenvalue weighted by Crippen LogP contribution is -2.45. The summed E-state index contributed by atoms with van der Waals surface area (Å²) in [5, 5.41) is 23.5.